The predicted molar refractivity (Wildman–Crippen MR) is 126 cm³/mol. The van der Waals surface area contributed by atoms with Crippen molar-refractivity contribution in [2.24, 2.45) is 0 Å². The average molecular weight is 520 g/mol. The summed E-state index contributed by atoms with van der Waals surface area (Å²) in [6, 6.07) is 11.1. The molecule has 2 amide bonds. The van der Waals surface area contributed by atoms with E-state index in [0.717, 1.165) is 6.07 Å². The Morgan fingerprint density at radius 3 is 2.12 bits per heavy atom. The monoisotopic (exact) mass is 519 g/mol. The summed E-state index contributed by atoms with van der Waals surface area (Å²) in [5.41, 5.74) is -4.44. The summed E-state index contributed by atoms with van der Waals surface area (Å²) in [6.45, 7) is 6.61. The van der Waals surface area contributed by atoms with Gasteiger partial charge in [0.05, 0.1) is 12.1 Å². The van der Waals surface area contributed by atoms with Crippen LogP contribution in [0.3, 0.4) is 0 Å². The molecule has 0 spiro atoms. The number of nitrogens with zero attached hydrogens (tertiary/aromatic N) is 1. The number of amides is 2. The standard InChI is InChI=1S/C22H25ClF3N3O4S/c1-13(2)29(16-8-6-5-7-9-16)21(31)17(23)11-20(30)27-18-12-19(15(4)10-14(18)3)28-34(32,33)22(24,25)26/h5-10,12-13,17,28H,11H2,1-4H3,(H,27,30). The molecule has 0 aliphatic carbocycles. The Balaban J connectivity index is 2.18. The van der Waals surface area contributed by atoms with E-state index in [4.69, 9.17) is 11.6 Å². The van der Waals surface area contributed by atoms with Crippen molar-refractivity contribution >= 4 is 50.5 Å². The summed E-state index contributed by atoms with van der Waals surface area (Å²) < 4.78 is 62.6. The lowest BCUT2D eigenvalue weighted by Gasteiger charge is -2.28. The van der Waals surface area contributed by atoms with E-state index in [9.17, 15) is 31.2 Å². The Bertz CT molecular complexity index is 1160. The molecule has 12 heteroatoms. The highest BCUT2D eigenvalue weighted by molar-refractivity contribution is 7.93. The highest BCUT2D eigenvalue weighted by Gasteiger charge is 2.46. The number of halogens is 4. The molecule has 0 bridgehead atoms. The molecule has 1 atom stereocenters. The van der Waals surface area contributed by atoms with Crippen molar-refractivity contribution < 1.29 is 31.2 Å². The number of hydrogen-bond donors (Lipinski definition) is 2. The molecule has 34 heavy (non-hydrogen) atoms. The van der Waals surface area contributed by atoms with E-state index in [1.807, 2.05) is 0 Å². The van der Waals surface area contributed by atoms with Crippen LogP contribution < -0.4 is 14.9 Å². The number of rotatable bonds is 8. The molecule has 2 N–H and O–H groups in total. The summed E-state index contributed by atoms with van der Waals surface area (Å²) in [6.07, 6.45) is -0.409. The molecule has 186 valence electrons. The van der Waals surface area contributed by atoms with Crippen LogP contribution >= 0.6 is 11.6 Å². The molecule has 0 aliphatic heterocycles. The van der Waals surface area contributed by atoms with Gasteiger partial charge in [0.25, 0.3) is 0 Å². The molecule has 0 aliphatic rings. The van der Waals surface area contributed by atoms with Gasteiger partial charge in [0, 0.05) is 17.4 Å². The number of hydrogen-bond acceptors (Lipinski definition) is 4. The summed E-state index contributed by atoms with van der Waals surface area (Å²) in [5, 5.41) is 1.27. The summed E-state index contributed by atoms with van der Waals surface area (Å²) in [5.74, 6) is -1.15. The maximum Gasteiger partial charge on any atom is 0.516 e. The molecule has 2 aromatic rings. The highest BCUT2D eigenvalue weighted by Crippen LogP contribution is 2.30. The fourth-order valence-corrected chi connectivity index (χ4v) is 4.04. The van der Waals surface area contributed by atoms with Crippen molar-refractivity contribution in [1.29, 1.82) is 0 Å². The number of carbonyl (C=O) groups is 2. The van der Waals surface area contributed by atoms with Gasteiger partial charge in [-0.3, -0.25) is 14.3 Å². The Hall–Kier alpha value is -2.79. The highest BCUT2D eigenvalue weighted by atomic mass is 35.5. The van der Waals surface area contributed by atoms with Crippen LogP contribution in [0.4, 0.5) is 30.2 Å². The van der Waals surface area contributed by atoms with E-state index in [1.165, 1.54) is 22.6 Å². The normalized spacial score (nSPS) is 12.9. The first-order valence-corrected chi connectivity index (χ1v) is 12.1. The van der Waals surface area contributed by atoms with Crippen molar-refractivity contribution in [3.05, 3.63) is 53.6 Å². The molecular formula is C22H25ClF3N3O4S. The minimum Gasteiger partial charge on any atom is -0.326 e. The Morgan fingerprint density at radius 1 is 1.03 bits per heavy atom. The molecule has 0 saturated heterocycles. The molecule has 0 saturated carbocycles. The Kier molecular flexibility index (Phi) is 8.59. The number of nitrogens with one attached hydrogen (secondary N) is 2. The van der Waals surface area contributed by atoms with Crippen LogP contribution in [0.2, 0.25) is 0 Å². The lowest BCUT2D eigenvalue weighted by atomic mass is 10.1. The fraction of sp³-hybridized carbons (Fsp3) is 0.364. The van der Waals surface area contributed by atoms with Crippen LogP contribution in [-0.4, -0.2) is 37.2 Å². The van der Waals surface area contributed by atoms with Gasteiger partial charge in [-0.2, -0.15) is 21.6 Å². The second-order valence-electron chi connectivity index (χ2n) is 7.89. The first-order chi connectivity index (χ1) is 15.6. The van der Waals surface area contributed by atoms with Crippen LogP contribution in [-0.2, 0) is 19.6 Å². The van der Waals surface area contributed by atoms with Gasteiger partial charge in [0.2, 0.25) is 11.8 Å². The first kappa shape index (κ1) is 27.5. The maximum absolute atomic E-state index is 12.9. The van der Waals surface area contributed by atoms with Crippen molar-refractivity contribution in [3.8, 4) is 0 Å². The van der Waals surface area contributed by atoms with Crippen LogP contribution in [0.25, 0.3) is 0 Å². The molecule has 0 heterocycles. The van der Waals surface area contributed by atoms with Gasteiger partial charge in [0.15, 0.2) is 0 Å². The van der Waals surface area contributed by atoms with E-state index >= 15 is 0 Å². The smallest absolute Gasteiger partial charge is 0.326 e. The fourth-order valence-electron chi connectivity index (χ4n) is 3.17. The number of alkyl halides is 4. The molecular weight excluding hydrogens is 495 g/mol. The SMILES string of the molecule is Cc1cc(C)c(NS(=O)(=O)C(F)(F)F)cc1NC(=O)CC(Cl)C(=O)N(c1ccccc1)C(C)C. The zero-order chi connectivity index (χ0) is 25.8. The molecule has 2 aromatic carbocycles. The van der Waals surface area contributed by atoms with Crippen molar-refractivity contribution in [2.45, 2.75) is 51.0 Å². The topological polar surface area (TPSA) is 95.6 Å². The molecule has 0 radical (unpaired) electrons. The van der Waals surface area contributed by atoms with E-state index < -0.39 is 39.1 Å². The molecule has 0 fully saturated rings. The van der Waals surface area contributed by atoms with E-state index in [1.54, 1.807) is 51.1 Å². The van der Waals surface area contributed by atoms with Crippen molar-refractivity contribution in [1.82, 2.24) is 0 Å². The van der Waals surface area contributed by atoms with Gasteiger partial charge >= 0.3 is 15.5 Å². The van der Waals surface area contributed by atoms with Crippen molar-refractivity contribution in [2.75, 3.05) is 14.9 Å². The van der Waals surface area contributed by atoms with Crippen LogP contribution in [0, 0.1) is 13.8 Å². The Labute approximate surface area is 201 Å². The minimum atomic E-state index is -5.64. The number of sulfonamides is 1. The van der Waals surface area contributed by atoms with Gasteiger partial charge in [-0.25, -0.2) is 0 Å². The van der Waals surface area contributed by atoms with Crippen LogP contribution in [0.15, 0.2) is 42.5 Å². The summed E-state index contributed by atoms with van der Waals surface area (Å²) in [7, 11) is -5.64. The zero-order valence-corrected chi connectivity index (χ0v) is 20.5. The second kappa shape index (κ2) is 10.6. The largest absolute Gasteiger partial charge is 0.516 e. The maximum atomic E-state index is 12.9. The van der Waals surface area contributed by atoms with Crippen molar-refractivity contribution in [3.63, 3.8) is 0 Å². The number of aryl methyl sites for hydroxylation is 2. The quantitative estimate of drug-likeness (QED) is 0.483. The molecule has 0 aromatic heterocycles. The molecule has 7 nitrogen and oxygen atoms in total. The zero-order valence-electron chi connectivity index (χ0n) is 18.9. The van der Waals surface area contributed by atoms with E-state index in [0.29, 0.717) is 11.3 Å². The summed E-state index contributed by atoms with van der Waals surface area (Å²) >= 11 is 6.25. The number of anilines is 3. The predicted octanol–water partition coefficient (Wildman–Crippen LogP) is 4.94. The lowest BCUT2D eigenvalue weighted by molar-refractivity contribution is -0.122. The van der Waals surface area contributed by atoms with E-state index in [2.05, 4.69) is 5.32 Å². The Morgan fingerprint density at radius 2 is 1.59 bits per heavy atom. The minimum absolute atomic E-state index is 0.0792. The summed E-state index contributed by atoms with van der Waals surface area (Å²) in [4.78, 5) is 26.9. The van der Waals surface area contributed by atoms with Crippen LogP contribution in [0.1, 0.15) is 31.4 Å². The number of benzene rings is 2. The number of para-hydroxylation sites is 1. The lowest BCUT2D eigenvalue weighted by Crippen LogP contribution is -2.42. The van der Waals surface area contributed by atoms with Gasteiger partial charge < -0.3 is 10.2 Å². The first-order valence-electron chi connectivity index (χ1n) is 10.2. The second-order valence-corrected chi connectivity index (χ2v) is 10.1. The third-order valence-electron chi connectivity index (χ3n) is 4.82. The third kappa shape index (κ3) is 6.63. The molecule has 1 unspecified atom stereocenters. The van der Waals surface area contributed by atoms with E-state index in [-0.39, 0.29) is 23.0 Å². The average Bonchev–Trinajstić information content (AvgIpc) is 2.71. The number of carbonyl (C=O) groups excluding carboxylic acids is 2. The van der Waals surface area contributed by atoms with Crippen LogP contribution in [0.5, 0.6) is 0 Å². The third-order valence-corrected chi connectivity index (χ3v) is 6.25. The molecule has 2 rings (SSSR count). The van der Waals surface area contributed by atoms with Gasteiger partial charge in [-0.1, -0.05) is 24.3 Å². The van der Waals surface area contributed by atoms with Gasteiger partial charge in [-0.15, -0.1) is 11.6 Å². The van der Waals surface area contributed by atoms with Gasteiger partial charge in [0.1, 0.15) is 5.38 Å². The van der Waals surface area contributed by atoms with Gasteiger partial charge in [-0.05, 0) is 57.0 Å².